The van der Waals surface area contributed by atoms with Crippen molar-refractivity contribution in [3.05, 3.63) is 40.8 Å². The third-order valence-corrected chi connectivity index (χ3v) is 4.19. The van der Waals surface area contributed by atoms with Gasteiger partial charge >= 0.3 is 5.97 Å². The molecule has 1 aromatic carbocycles. The number of esters is 1. The summed E-state index contributed by atoms with van der Waals surface area (Å²) in [5, 5.41) is 0. The lowest BCUT2D eigenvalue weighted by Crippen LogP contribution is -2.07. The van der Waals surface area contributed by atoms with Gasteiger partial charge in [-0.05, 0) is 38.8 Å². The van der Waals surface area contributed by atoms with Crippen LogP contribution in [0, 0.1) is 0 Å². The zero-order chi connectivity index (χ0) is 14.8. The van der Waals surface area contributed by atoms with Crippen LogP contribution in [0.2, 0.25) is 0 Å². The minimum absolute atomic E-state index is 0.199. The van der Waals surface area contributed by atoms with Crippen LogP contribution in [-0.4, -0.2) is 12.6 Å². The second-order valence-corrected chi connectivity index (χ2v) is 5.79. The molecule has 0 N–H and O–H groups in total. The van der Waals surface area contributed by atoms with E-state index >= 15 is 0 Å². The van der Waals surface area contributed by atoms with Gasteiger partial charge in [-0.2, -0.15) is 0 Å². The Balaban J connectivity index is 2.84. The molecule has 1 aromatic rings. The molecule has 110 valence electrons. The highest BCUT2D eigenvalue weighted by Gasteiger charge is 2.15. The van der Waals surface area contributed by atoms with Crippen molar-refractivity contribution >= 4 is 17.7 Å². The summed E-state index contributed by atoms with van der Waals surface area (Å²) in [7, 11) is 0. The Morgan fingerprint density at radius 1 is 1.15 bits per heavy atom. The fourth-order valence-corrected chi connectivity index (χ4v) is 2.81. The van der Waals surface area contributed by atoms with Crippen LogP contribution in [0.15, 0.2) is 45.7 Å². The van der Waals surface area contributed by atoms with Crippen LogP contribution in [0.3, 0.4) is 0 Å². The fraction of sp³-hybridized carbons (Fsp3) is 0.471. The van der Waals surface area contributed by atoms with E-state index in [1.54, 1.807) is 0 Å². The minimum atomic E-state index is -0.199. The number of thioether (sulfide) groups is 1. The molecular weight excluding hydrogens is 268 g/mol. The Hall–Kier alpha value is -1.22. The Morgan fingerprint density at radius 3 is 2.45 bits per heavy atom. The van der Waals surface area contributed by atoms with Crippen molar-refractivity contribution in [2.45, 2.75) is 51.3 Å². The molecule has 0 saturated carbocycles. The molecule has 0 amide bonds. The summed E-state index contributed by atoms with van der Waals surface area (Å²) in [6, 6.07) is 9.98. The monoisotopic (exact) mass is 292 g/mol. The van der Waals surface area contributed by atoms with Crippen LogP contribution >= 0.6 is 11.8 Å². The number of benzene rings is 1. The van der Waals surface area contributed by atoms with Crippen molar-refractivity contribution in [2.75, 3.05) is 6.61 Å². The van der Waals surface area contributed by atoms with Crippen molar-refractivity contribution in [1.82, 2.24) is 0 Å². The SMILES string of the molecule is CCCCC/C(C)=C(/Sc1ccccc1)C(=O)OCC. The maximum atomic E-state index is 12.1. The maximum Gasteiger partial charge on any atom is 0.344 e. The normalized spacial score (nSPS) is 11.9. The molecule has 0 radical (unpaired) electrons. The fourth-order valence-electron chi connectivity index (χ4n) is 1.86. The molecule has 0 heterocycles. The molecule has 0 unspecified atom stereocenters. The van der Waals surface area contributed by atoms with Crippen LogP contribution in [-0.2, 0) is 9.53 Å². The number of hydrogen-bond acceptors (Lipinski definition) is 3. The Bertz CT molecular complexity index is 438. The third kappa shape index (κ3) is 5.83. The van der Waals surface area contributed by atoms with Gasteiger partial charge in [-0.15, -0.1) is 0 Å². The Labute approximate surface area is 126 Å². The van der Waals surface area contributed by atoms with Crippen molar-refractivity contribution in [2.24, 2.45) is 0 Å². The molecule has 0 aliphatic rings. The van der Waals surface area contributed by atoms with E-state index in [0.29, 0.717) is 6.61 Å². The summed E-state index contributed by atoms with van der Waals surface area (Å²) >= 11 is 1.51. The summed E-state index contributed by atoms with van der Waals surface area (Å²) in [5.74, 6) is -0.199. The lowest BCUT2D eigenvalue weighted by Gasteiger charge is -2.11. The van der Waals surface area contributed by atoms with Gasteiger partial charge in [-0.25, -0.2) is 4.79 Å². The van der Waals surface area contributed by atoms with Gasteiger partial charge in [0.1, 0.15) is 0 Å². The van der Waals surface area contributed by atoms with Crippen molar-refractivity contribution in [3.63, 3.8) is 0 Å². The predicted molar refractivity (Wildman–Crippen MR) is 85.8 cm³/mol. The zero-order valence-electron chi connectivity index (χ0n) is 12.6. The molecule has 0 fully saturated rings. The summed E-state index contributed by atoms with van der Waals surface area (Å²) < 4.78 is 5.19. The lowest BCUT2D eigenvalue weighted by atomic mass is 10.1. The summed E-state index contributed by atoms with van der Waals surface area (Å²) in [5.41, 5.74) is 1.13. The van der Waals surface area contributed by atoms with Gasteiger partial charge in [0.05, 0.1) is 11.5 Å². The highest BCUT2D eigenvalue weighted by Crippen LogP contribution is 2.31. The van der Waals surface area contributed by atoms with Gasteiger partial charge in [0, 0.05) is 4.90 Å². The van der Waals surface area contributed by atoms with Gasteiger partial charge in [-0.1, -0.05) is 55.3 Å². The molecule has 0 saturated heterocycles. The first kappa shape index (κ1) is 16.8. The standard InChI is InChI=1S/C17H24O2S/c1-4-6-8-11-14(3)16(17(18)19-5-2)20-15-12-9-7-10-13-15/h7,9-10,12-13H,4-6,8,11H2,1-3H3/b16-14+. The summed E-state index contributed by atoms with van der Waals surface area (Å²) in [6.45, 7) is 6.48. The average Bonchev–Trinajstić information content (AvgIpc) is 2.46. The van der Waals surface area contributed by atoms with Gasteiger partial charge < -0.3 is 4.74 Å². The Morgan fingerprint density at radius 2 is 1.85 bits per heavy atom. The Kier molecular flexibility index (Phi) is 8.12. The van der Waals surface area contributed by atoms with Crippen molar-refractivity contribution in [1.29, 1.82) is 0 Å². The number of hydrogen-bond donors (Lipinski definition) is 0. The van der Waals surface area contributed by atoms with E-state index in [1.165, 1.54) is 24.6 Å². The first-order valence-corrected chi connectivity index (χ1v) is 8.10. The van der Waals surface area contributed by atoms with Crippen molar-refractivity contribution in [3.8, 4) is 0 Å². The number of carbonyl (C=O) groups excluding carboxylic acids is 1. The second-order valence-electron chi connectivity index (χ2n) is 4.70. The van der Waals surface area contributed by atoms with Crippen LogP contribution in [0.1, 0.15) is 46.5 Å². The quantitative estimate of drug-likeness (QED) is 0.285. The summed E-state index contributed by atoms with van der Waals surface area (Å²) in [4.78, 5) is 13.9. The summed E-state index contributed by atoms with van der Waals surface area (Å²) in [6.07, 6.45) is 4.47. The van der Waals surface area contributed by atoms with Crippen LogP contribution in [0.25, 0.3) is 0 Å². The van der Waals surface area contributed by atoms with Crippen LogP contribution in [0.4, 0.5) is 0 Å². The number of ether oxygens (including phenoxy) is 1. The number of allylic oxidation sites excluding steroid dienone is 1. The van der Waals surface area contributed by atoms with Crippen LogP contribution in [0.5, 0.6) is 0 Å². The third-order valence-electron chi connectivity index (χ3n) is 2.97. The molecule has 0 aliphatic heterocycles. The van der Waals surface area contributed by atoms with E-state index < -0.39 is 0 Å². The van der Waals surface area contributed by atoms with E-state index in [9.17, 15) is 4.79 Å². The van der Waals surface area contributed by atoms with Gasteiger partial charge in [-0.3, -0.25) is 0 Å². The average molecular weight is 292 g/mol. The molecule has 3 heteroatoms. The molecule has 0 aliphatic carbocycles. The number of rotatable bonds is 8. The molecule has 0 atom stereocenters. The number of carbonyl (C=O) groups is 1. The van der Waals surface area contributed by atoms with E-state index in [4.69, 9.17) is 4.74 Å². The highest BCUT2D eigenvalue weighted by molar-refractivity contribution is 8.04. The molecule has 0 aromatic heterocycles. The lowest BCUT2D eigenvalue weighted by molar-refractivity contribution is -0.137. The minimum Gasteiger partial charge on any atom is -0.462 e. The van der Waals surface area contributed by atoms with E-state index in [2.05, 4.69) is 6.92 Å². The molecule has 20 heavy (non-hydrogen) atoms. The molecule has 2 nitrogen and oxygen atoms in total. The topological polar surface area (TPSA) is 26.3 Å². The predicted octanol–water partition coefficient (Wildman–Crippen LogP) is 5.20. The van der Waals surface area contributed by atoms with Gasteiger partial charge in [0.15, 0.2) is 0 Å². The molecule has 0 spiro atoms. The van der Waals surface area contributed by atoms with Crippen molar-refractivity contribution < 1.29 is 9.53 Å². The highest BCUT2D eigenvalue weighted by atomic mass is 32.2. The van der Waals surface area contributed by atoms with E-state index in [1.807, 2.05) is 44.2 Å². The second kappa shape index (κ2) is 9.65. The smallest absolute Gasteiger partial charge is 0.344 e. The van der Waals surface area contributed by atoms with Gasteiger partial charge in [0.2, 0.25) is 0 Å². The first-order valence-electron chi connectivity index (χ1n) is 7.28. The maximum absolute atomic E-state index is 12.1. The first-order chi connectivity index (χ1) is 9.69. The largest absolute Gasteiger partial charge is 0.462 e. The zero-order valence-corrected chi connectivity index (χ0v) is 13.5. The van der Waals surface area contributed by atoms with E-state index in [0.717, 1.165) is 28.2 Å². The van der Waals surface area contributed by atoms with Gasteiger partial charge in [0.25, 0.3) is 0 Å². The van der Waals surface area contributed by atoms with E-state index in [-0.39, 0.29) is 5.97 Å². The molecule has 1 rings (SSSR count). The molecular formula is C17H24O2S. The molecule has 0 bridgehead atoms. The van der Waals surface area contributed by atoms with Crippen LogP contribution < -0.4 is 0 Å². The number of unbranched alkanes of at least 4 members (excludes halogenated alkanes) is 2.